The van der Waals surface area contributed by atoms with Gasteiger partial charge in [-0.25, -0.2) is 9.97 Å². The van der Waals surface area contributed by atoms with Gasteiger partial charge in [0.2, 0.25) is 5.91 Å². The first-order chi connectivity index (χ1) is 12.9. The Morgan fingerprint density at radius 3 is 2.48 bits per heavy atom. The van der Waals surface area contributed by atoms with Gasteiger partial charge in [0.05, 0.1) is 6.54 Å². The second-order valence-corrected chi connectivity index (χ2v) is 7.17. The molecule has 1 aliphatic rings. The fraction of sp³-hybridized carbons (Fsp3) is 0.400. The van der Waals surface area contributed by atoms with Crippen molar-refractivity contribution in [3.8, 4) is 6.01 Å². The van der Waals surface area contributed by atoms with Gasteiger partial charge in [-0.05, 0) is 44.2 Å². The topological polar surface area (TPSA) is 72.4 Å². The molecule has 1 aromatic heterocycles. The average molecular weight is 388 g/mol. The minimum atomic E-state index is -0.123. The van der Waals surface area contributed by atoms with Gasteiger partial charge in [0.1, 0.15) is 6.10 Å². The van der Waals surface area contributed by atoms with Crippen LogP contribution < -0.4 is 4.74 Å². The fourth-order valence-electron chi connectivity index (χ4n) is 3.10. The van der Waals surface area contributed by atoms with Crippen LogP contribution in [0.15, 0.2) is 30.3 Å². The predicted molar refractivity (Wildman–Crippen MR) is 102 cm³/mol. The molecule has 27 heavy (non-hydrogen) atoms. The Morgan fingerprint density at radius 2 is 1.81 bits per heavy atom. The number of aromatic nitrogens is 2. The third-order valence-electron chi connectivity index (χ3n) is 4.46. The molecule has 0 spiro atoms. The molecule has 0 N–H and O–H groups in total. The molecule has 1 aromatic carbocycles. The standard InChI is InChI=1S/C20H22ClN3O3/c1-13-11-14(2)23-20(22-13)27-17-9-10-24(12-17)19(26)8-7-18(25)15-3-5-16(21)6-4-15/h3-6,11,17H,7-10,12H2,1-2H3/t17-/m1/s1. The normalized spacial score (nSPS) is 16.4. The molecule has 142 valence electrons. The summed E-state index contributed by atoms with van der Waals surface area (Å²) in [6.45, 7) is 4.89. The van der Waals surface area contributed by atoms with Crippen molar-refractivity contribution >= 4 is 23.3 Å². The lowest BCUT2D eigenvalue weighted by Crippen LogP contribution is -2.31. The van der Waals surface area contributed by atoms with Gasteiger partial charge in [-0.2, -0.15) is 0 Å². The highest BCUT2D eigenvalue weighted by Crippen LogP contribution is 2.18. The lowest BCUT2D eigenvalue weighted by atomic mass is 10.1. The SMILES string of the molecule is Cc1cc(C)nc(O[C@@H]2CCN(C(=O)CCC(=O)c3ccc(Cl)cc3)C2)n1. The molecule has 0 unspecified atom stereocenters. The van der Waals surface area contributed by atoms with Crippen LogP contribution in [0.1, 0.15) is 41.0 Å². The molecule has 1 aliphatic heterocycles. The number of nitrogens with zero attached hydrogens (tertiary/aromatic N) is 3. The van der Waals surface area contributed by atoms with Crippen LogP contribution in [0.3, 0.4) is 0 Å². The lowest BCUT2D eigenvalue weighted by Gasteiger charge is -2.16. The van der Waals surface area contributed by atoms with E-state index in [1.807, 2.05) is 19.9 Å². The largest absolute Gasteiger partial charge is 0.458 e. The van der Waals surface area contributed by atoms with Crippen LogP contribution in [0.5, 0.6) is 6.01 Å². The Bertz CT molecular complexity index is 819. The first-order valence-electron chi connectivity index (χ1n) is 8.96. The van der Waals surface area contributed by atoms with Gasteiger partial charge in [0, 0.05) is 47.8 Å². The highest BCUT2D eigenvalue weighted by atomic mass is 35.5. The number of halogens is 1. The van der Waals surface area contributed by atoms with Gasteiger partial charge in [-0.1, -0.05) is 11.6 Å². The van der Waals surface area contributed by atoms with Crippen molar-refractivity contribution in [2.45, 2.75) is 39.2 Å². The van der Waals surface area contributed by atoms with Crippen molar-refractivity contribution in [1.29, 1.82) is 0 Å². The summed E-state index contributed by atoms with van der Waals surface area (Å²) in [6.07, 6.45) is 0.978. The summed E-state index contributed by atoms with van der Waals surface area (Å²) in [5.41, 5.74) is 2.27. The van der Waals surface area contributed by atoms with Crippen molar-refractivity contribution in [3.63, 3.8) is 0 Å². The molecule has 7 heteroatoms. The van der Waals surface area contributed by atoms with Gasteiger partial charge < -0.3 is 9.64 Å². The van der Waals surface area contributed by atoms with E-state index >= 15 is 0 Å². The van der Waals surface area contributed by atoms with Crippen molar-refractivity contribution in [2.24, 2.45) is 0 Å². The van der Waals surface area contributed by atoms with E-state index in [1.54, 1.807) is 29.2 Å². The number of ether oxygens (including phenoxy) is 1. The summed E-state index contributed by atoms with van der Waals surface area (Å²) < 4.78 is 5.83. The molecular formula is C20H22ClN3O3. The Morgan fingerprint density at radius 1 is 1.15 bits per heavy atom. The minimum Gasteiger partial charge on any atom is -0.458 e. The second kappa shape index (κ2) is 8.48. The first-order valence-corrected chi connectivity index (χ1v) is 9.34. The predicted octanol–water partition coefficient (Wildman–Crippen LogP) is 3.39. The lowest BCUT2D eigenvalue weighted by molar-refractivity contribution is -0.130. The van der Waals surface area contributed by atoms with E-state index in [2.05, 4.69) is 9.97 Å². The monoisotopic (exact) mass is 387 g/mol. The van der Waals surface area contributed by atoms with Crippen molar-refractivity contribution in [2.75, 3.05) is 13.1 Å². The Hall–Kier alpha value is -2.47. The maximum atomic E-state index is 12.4. The average Bonchev–Trinajstić information content (AvgIpc) is 3.07. The Balaban J connectivity index is 1.48. The highest BCUT2D eigenvalue weighted by Gasteiger charge is 2.28. The van der Waals surface area contributed by atoms with Crippen LogP contribution >= 0.6 is 11.6 Å². The van der Waals surface area contributed by atoms with Gasteiger partial charge in [-0.3, -0.25) is 9.59 Å². The first kappa shape index (κ1) is 19.3. The summed E-state index contributed by atoms with van der Waals surface area (Å²) in [7, 11) is 0. The molecule has 0 bridgehead atoms. The maximum Gasteiger partial charge on any atom is 0.317 e. The molecule has 1 atom stereocenters. The van der Waals surface area contributed by atoms with Crippen LogP contribution in [-0.4, -0.2) is 45.8 Å². The smallest absolute Gasteiger partial charge is 0.317 e. The fourth-order valence-corrected chi connectivity index (χ4v) is 3.23. The second-order valence-electron chi connectivity index (χ2n) is 6.73. The number of hydrogen-bond acceptors (Lipinski definition) is 5. The number of ketones is 1. The van der Waals surface area contributed by atoms with Crippen LogP contribution in [-0.2, 0) is 4.79 Å². The quantitative estimate of drug-likeness (QED) is 0.710. The molecule has 2 heterocycles. The van der Waals surface area contributed by atoms with Crippen LogP contribution in [0.25, 0.3) is 0 Å². The number of likely N-dealkylation sites (tertiary alicyclic amines) is 1. The number of aryl methyl sites for hydroxylation is 2. The minimum absolute atomic E-state index is 0.0373. The molecule has 0 aliphatic carbocycles. The van der Waals surface area contributed by atoms with Crippen molar-refractivity contribution in [1.82, 2.24) is 14.9 Å². The molecule has 0 saturated carbocycles. The molecule has 3 rings (SSSR count). The third-order valence-corrected chi connectivity index (χ3v) is 4.72. The van der Waals surface area contributed by atoms with E-state index in [0.29, 0.717) is 29.7 Å². The molecule has 6 nitrogen and oxygen atoms in total. The zero-order valence-corrected chi connectivity index (χ0v) is 16.2. The zero-order valence-electron chi connectivity index (χ0n) is 15.4. The van der Waals surface area contributed by atoms with Crippen molar-refractivity contribution < 1.29 is 14.3 Å². The van der Waals surface area contributed by atoms with Crippen LogP contribution in [0.2, 0.25) is 5.02 Å². The summed E-state index contributed by atoms with van der Waals surface area (Å²) in [5.74, 6) is -0.0968. The van der Waals surface area contributed by atoms with Gasteiger partial charge in [-0.15, -0.1) is 0 Å². The number of benzene rings is 1. The highest BCUT2D eigenvalue weighted by molar-refractivity contribution is 6.30. The van der Waals surface area contributed by atoms with E-state index in [0.717, 1.165) is 17.8 Å². The number of carbonyl (C=O) groups is 2. The Kier molecular flexibility index (Phi) is 6.06. The van der Waals surface area contributed by atoms with E-state index in [4.69, 9.17) is 16.3 Å². The summed E-state index contributed by atoms with van der Waals surface area (Å²) in [5, 5.41) is 0.582. The number of rotatable bonds is 6. The van der Waals surface area contributed by atoms with Gasteiger partial charge in [0.15, 0.2) is 5.78 Å². The van der Waals surface area contributed by atoms with Crippen LogP contribution in [0.4, 0.5) is 0 Å². The van der Waals surface area contributed by atoms with E-state index in [-0.39, 0.29) is 30.6 Å². The number of carbonyl (C=O) groups excluding carboxylic acids is 2. The van der Waals surface area contributed by atoms with E-state index < -0.39 is 0 Å². The maximum absolute atomic E-state index is 12.4. The molecule has 1 fully saturated rings. The van der Waals surface area contributed by atoms with Crippen molar-refractivity contribution in [3.05, 3.63) is 52.3 Å². The number of amides is 1. The molecule has 1 amide bonds. The van der Waals surface area contributed by atoms with E-state index in [9.17, 15) is 9.59 Å². The van der Waals surface area contributed by atoms with Gasteiger partial charge >= 0.3 is 6.01 Å². The molecule has 2 aromatic rings. The van der Waals surface area contributed by atoms with E-state index in [1.165, 1.54) is 0 Å². The zero-order chi connectivity index (χ0) is 19.4. The number of hydrogen-bond donors (Lipinski definition) is 0. The molecular weight excluding hydrogens is 366 g/mol. The Labute approximate surface area is 163 Å². The number of Topliss-reactive ketones (excluding diaryl/α,β-unsaturated/α-hetero) is 1. The third kappa shape index (κ3) is 5.26. The summed E-state index contributed by atoms with van der Waals surface area (Å²) >= 11 is 5.83. The van der Waals surface area contributed by atoms with Gasteiger partial charge in [0.25, 0.3) is 0 Å². The summed E-state index contributed by atoms with van der Waals surface area (Å²) in [4.78, 5) is 34.9. The molecule has 1 saturated heterocycles. The van der Waals surface area contributed by atoms with Crippen LogP contribution in [0, 0.1) is 13.8 Å². The summed E-state index contributed by atoms with van der Waals surface area (Å²) in [6, 6.07) is 8.94. The molecule has 0 radical (unpaired) electrons.